The van der Waals surface area contributed by atoms with Crippen LogP contribution < -0.4 is 4.72 Å². The van der Waals surface area contributed by atoms with E-state index in [1.807, 2.05) is 0 Å². The maximum atomic E-state index is 11.9. The summed E-state index contributed by atoms with van der Waals surface area (Å²) in [6.45, 7) is 5.84. The van der Waals surface area contributed by atoms with Crippen LogP contribution in [0.4, 0.5) is 5.00 Å². The van der Waals surface area contributed by atoms with E-state index in [2.05, 4.69) is 4.72 Å². The molecule has 0 amide bonds. The third kappa shape index (κ3) is 3.21. The van der Waals surface area contributed by atoms with Crippen molar-refractivity contribution in [1.82, 2.24) is 4.31 Å². The smallest absolute Gasteiger partial charge is 0.346 e. The van der Waals surface area contributed by atoms with Crippen LogP contribution in [0.1, 0.15) is 29.1 Å². The summed E-state index contributed by atoms with van der Waals surface area (Å²) < 4.78 is 27.5. The second kappa shape index (κ2) is 5.68. The number of nitrogens with one attached hydrogen (secondary N) is 1. The molecule has 0 aromatic carbocycles. The molecule has 1 heterocycles. The summed E-state index contributed by atoms with van der Waals surface area (Å²) in [5, 5.41) is 9.22. The van der Waals surface area contributed by atoms with E-state index in [1.54, 1.807) is 20.8 Å². The first kappa shape index (κ1) is 14.9. The first-order valence-corrected chi connectivity index (χ1v) is 7.69. The number of aryl methyl sites for hydroxylation is 1. The van der Waals surface area contributed by atoms with Crippen LogP contribution in [-0.2, 0) is 10.2 Å². The summed E-state index contributed by atoms with van der Waals surface area (Å²) in [6, 6.07) is 1.52. The van der Waals surface area contributed by atoms with Crippen LogP contribution in [0.3, 0.4) is 0 Å². The Balaban J connectivity index is 2.98. The fourth-order valence-corrected chi connectivity index (χ4v) is 3.87. The van der Waals surface area contributed by atoms with Gasteiger partial charge in [-0.3, -0.25) is 4.72 Å². The van der Waals surface area contributed by atoms with E-state index in [9.17, 15) is 13.2 Å². The minimum absolute atomic E-state index is 0.146. The van der Waals surface area contributed by atoms with Gasteiger partial charge in [0, 0.05) is 13.1 Å². The average Bonchev–Trinajstić information content (AvgIpc) is 2.59. The first-order chi connectivity index (χ1) is 8.31. The largest absolute Gasteiger partial charge is 0.477 e. The molecule has 0 unspecified atom stereocenters. The molecule has 0 saturated carbocycles. The van der Waals surface area contributed by atoms with E-state index in [0.29, 0.717) is 23.7 Å². The van der Waals surface area contributed by atoms with Gasteiger partial charge < -0.3 is 5.11 Å². The van der Waals surface area contributed by atoms with Crippen molar-refractivity contribution in [2.75, 3.05) is 17.8 Å². The van der Waals surface area contributed by atoms with E-state index < -0.39 is 16.2 Å². The number of thiophene rings is 1. The van der Waals surface area contributed by atoms with Crippen LogP contribution in [0.15, 0.2) is 6.07 Å². The molecule has 1 rings (SSSR count). The van der Waals surface area contributed by atoms with Gasteiger partial charge in [0.25, 0.3) is 0 Å². The lowest BCUT2D eigenvalue weighted by molar-refractivity contribution is 0.0701. The minimum atomic E-state index is -3.60. The number of rotatable bonds is 6. The third-order valence-electron chi connectivity index (χ3n) is 2.39. The molecular formula is C10H16N2O4S2. The molecule has 1 aromatic rings. The zero-order valence-electron chi connectivity index (χ0n) is 10.4. The SMILES string of the molecule is CCN(CC)S(=O)(=O)Nc1cc(C)c(C(=O)O)s1. The molecule has 0 bridgehead atoms. The summed E-state index contributed by atoms with van der Waals surface area (Å²) in [6.07, 6.45) is 0. The second-order valence-electron chi connectivity index (χ2n) is 3.62. The van der Waals surface area contributed by atoms with E-state index in [-0.39, 0.29) is 4.88 Å². The molecule has 0 saturated heterocycles. The molecule has 18 heavy (non-hydrogen) atoms. The van der Waals surface area contributed by atoms with Gasteiger partial charge in [-0.25, -0.2) is 4.79 Å². The lowest BCUT2D eigenvalue weighted by Crippen LogP contribution is -2.35. The van der Waals surface area contributed by atoms with Gasteiger partial charge in [-0.1, -0.05) is 13.8 Å². The van der Waals surface area contributed by atoms with Gasteiger partial charge in [0.1, 0.15) is 9.88 Å². The van der Waals surface area contributed by atoms with E-state index in [0.717, 1.165) is 11.3 Å². The number of hydrogen-bond donors (Lipinski definition) is 2. The zero-order chi connectivity index (χ0) is 13.9. The van der Waals surface area contributed by atoms with Crippen molar-refractivity contribution in [3.05, 3.63) is 16.5 Å². The zero-order valence-corrected chi connectivity index (χ0v) is 12.1. The molecule has 0 aliphatic carbocycles. The van der Waals surface area contributed by atoms with Crippen LogP contribution in [0.2, 0.25) is 0 Å². The van der Waals surface area contributed by atoms with Gasteiger partial charge in [-0.15, -0.1) is 11.3 Å². The summed E-state index contributed by atoms with van der Waals surface area (Å²) >= 11 is 0.916. The Hall–Kier alpha value is -1.12. The number of carboxylic acids is 1. The number of aromatic carboxylic acids is 1. The summed E-state index contributed by atoms with van der Waals surface area (Å²) in [4.78, 5) is 11.0. The van der Waals surface area contributed by atoms with Crippen molar-refractivity contribution in [1.29, 1.82) is 0 Å². The van der Waals surface area contributed by atoms with Gasteiger partial charge in [0.2, 0.25) is 0 Å². The molecule has 102 valence electrons. The molecule has 1 aromatic heterocycles. The highest BCUT2D eigenvalue weighted by Gasteiger charge is 2.21. The van der Waals surface area contributed by atoms with Crippen molar-refractivity contribution in [3.8, 4) is 0 Å². The Morgan fingerprint density at radius 1 is 1.44 bits per heavy atom. The molecule has 6 nitrogen and oxygen atoms in total. The summed E-state index contributed by atoms with van der Waals surface area (Å²) in [5.41, 5.74) is 0.546. The third-order valence-corrected chi connectivity index (χ3v) is 5.33. The molecule has 0 aliphatic rings. The van der Waals surface area contributed by atoms with Crippen molar-refractivity contribution in [2.45, 2.75) is 20.8 Å². The topological polar surface area (TPSA) is 86.7 Å². The molecular weight excluding hydrogens is 276 g/mol. The Kier molecular flexibility index (Phi) is 4.71. The standard InChI is InChI=1S/C10H16N2O4S2/c1-4-12(5-2)18(15,16)11-8-6-7(3)9(17-8)10(13)14/h6,11H,4-5H2,1-3H3,(H,13,14). The van der Waals surface area contributed by atoms with Crippen LogP contribution >= 0.6 is 11.3 Å². The van der Waals surface area contributed by atoms with Crippen LogP contribution in [0.5, 0.6) is 0 Å². The van der Waals surface area contributed by atoms with Crippen molar-refractivity contribution in [3.63, 3.8) is 0 Å². The number of carbonyl (C=O) groups is 1. The average molecular weight is 292 g/mol. The first-order valence-electron chi connectivity index (χ1n) is 5.43. The molecule has 8 heteroatoms. The number of anilines is 1. The van der Waals surface area contributed by atoms with Gasteiger partial charge in [0.15, 0.2) is 0 Å². The van der Waals surface area contributed by atoms with Crippen molar-refractivity contribution < 1.29 is 18.3 Å². The Bertz CT molecular complexity index is 532. The fourth-order valence-electron chi connectivity index (χ4n) is 1.50. The van der Waals surface area contributed by atoms with Crippen molar-refractivity contribution >= 4 is 32.5 Å². The maximum absolute atomic E-state index is 11.9. The Morgan fingerprint density at radius 2 is 2.00 bits per heavy atom. The maximum Gasteiger partial charge on any atom is 0.346 e. The Labute approximate surface area is 110 Å². The highest BCUT2D eigenvalue weighted by atomic mass is 32.2. The van der Waals surface area contributed by atoms with Gasteiger partial charge in [-0.2, -0.15) is 12.7 Å². The van der Waals surface area contributed by atoms with Crippen molar-refractivity contribution in [2.24, 2.45) is 0 Å². The van der Waals surface area contributed by atoms with Crippen LogP contribution in [-0.4, -0.2) is 36.9 Å². The van der Waals surface area contributed by atoms with Gasteiger partial charge >= 0.3 is 16.2 Å². The summed E-state index contributed by atoms with van der Waals surface area (Å²) in [5.74, 6) is -1.05. The van der Waals surface area contributed by atoms with Gasteiger partial charge in [-0.05, 0) is 18.6 Å². The lowest BCUT2D eigenvalue weighted by Gasteiger charge is -2.18. The molecule has 0 aliphatic heterocycles. The second-order valence-corrected chi connectivity index (χ2v) is 6.34. The number of nitrogens with zero attached hydrogens (tertiary/aromatic N) is 1. The summed E-state index contributed by atoms with van der Waals surface area (Å²) in [7, 11) is -3.60. The van der Waals surface area contributed by atoms with E-state index in [1.165, 1.54) is 10.4 Å². The molecule has 0 spiro atoms. The molecule has 0 atom stereocenters. The quantitative estimate of drug-likeness (QED) is 0.836. The van der Waals surface area contributed by atoms with E-state index >= 15 is 0 Å². The molecule has 0 radical (unpaired) electrons. The predicted octanol–water partition coefficient (Wildman–Crippen LogP) is 1.75. The highest BCUT2D eigenvalue weighted by Crippen LogP contribution is 2.27. The fraction of sp³-hybridized carbons (Fsp3) is 0.500. The Morgan fingerprint density at radius 3 is 2.39 bits per heavy atom. The molecule has 0 fully saturated rings. The predicted molar refractivity (Wildman–Crippen MR) is 71.5 cm³/mol. The van der Waals surface area contributed by atoms with E-state index in [4.69, 9.17) is 5.11 Å². The highest BCUT2D eigenvalue weighted by molar-refractivity contribution is 7.90. The molecule has 2 N–H and O–H groups in total. The number of hydrogen-bond acceptors (Lipinski definition) is 4. The number of carboxylic acid groups (broad SMARTS) is 1. The minimum Gasteiger partial charge on any atom is -0.477 e. The normalized spacial score (nSPS) is 11.8. The van der Waals surface area contributed by atoms with Crippen LogP contribution in [0.25, 0.3) is 0 Å². The lowest BCUT2D eigenvalue weighted by atomic mass is 10.3. The van der Waals surface area contributed by atoms with Crippen LogP contribution in [0, 0.1) is 6.92 Å². The monoisotopic (exact) mass is 292 g/mol. The van der Waals surface area contributed by atoms with Gasteiger partial charge in [0.05, 0.1) is 0 Å².